The number of thiocarbonyl (C=S) groups is 1. The maximum Gasteiger partial charge on any atom is 0.341 e. The number of hydrogen-bond acceptors (Lipinski definition) is 6. The van der Waals surface area contributed by atoms with Gasteiger partial charge in [-0.3, -0.25) is 20.2 Å². The summed E-state index contributed by atoms with van der Waals surface area (Å²) in [5.41, 5.74) is 3.72. The minimum atomic E-state index is -0.545. The second-order valence-electron chi connectivity index (χ2n) is 6.41. The van der Waals surface area contributed by atoms with Gasteiger partial charge in [-0.05, 0) is 63.2 Å². The summed E-state index contributed by atoms with van der Waals surface area (Å²) in [7, 11) is 1.36. The van der Waals surface area contributed by atoms with Gasteiger partial charge in [-0.2, -0.15) is 0 Å². The topological polar surface area (TPSA) is 89.4 Å². The number of aryl methyl sites for hydroxylation is 2. The van der Waals surface area contributed by atoms with Crippen molar-refractivity contribution in [3.8, 4) is 5.00 Å². The van der Waals surface area contributed by atoms with Gasteiger partial charge in [0.25, 0.3) is 11.8 Å². The molecule has 2 aromatic heterocycles. The SMILES string of the molecule is COC(=O)c1c(-n2c(C)cc(C=C3C(=O)NC(=S)NC3=O)c2C)sc(C)c1C. The zero-order valence-electron chi connectivity index (χ0n) is 16.1. The fraction of sp³-hybridized carbons (Fsp3) is 0.263. The molecule has 0 aromatic carbocycles. The molecule has 0 radical (unpaired) electrons. The summed E-state index contributed by atoms with van der Waals surface area (Å²) >= 11 is 6.31. The van der Waals surface area contributed by atoms with E-state index in [1.165, 1.54) is 24.5 Å². The molecule has 7 nitrogen and oxygen atoms in total. The Morgan fingerprint density at radius 2 is 1.79 bits per heavy atom. The van der Waals surface area contributed by atoms with Crippen molar-refractivity contribution < 1.29 is 19.1 Å². The van der Waals surface area contributed by atoms with Crippen LogP contribution in [0.4, 0.5) is 0 Å². The lowest BCUT2D eigenvalue weighted by atomic mass is 10.1. The van der Waals surface area contributed by atoms with Crippen molar-refractivity contribution in [3.05, 3.63) is 44.6 Å². The van der Waals surface area contributed by atoms with Crippen LogP contribution in [0.1, 0.15) is 37.7 Å². The number of thiophene rings is 1. The van der Waals surface area contributed by atoms with Gasteiger partial charge < -0.3 is 9.30 Å². The van der Waals surface area contributed by atoms with Gasteiger partial charge in [0, 0.05) is 16.3 Å². The highest BCUT2D eigenvalue weighted by Gasteiger charge is 2.27. The molecule has 3 rings (SSSR count). The van der Waals surface area contributed by atoms with Gasteiger partial charge in [0.05, 0.1) is 12.7 Å². The number of carbonyl (C=O) groups is 3. The van der Waals surface area contributed by atoms with E-state index < -0.39 is 17.8 Å². The molecule has 1 aliphatic heterocycles. The minimum absolute atomic E-state index is 0.00937. The van der Waals surface area contributed by atoms with Crippen LogP contribution in [0.3, 0.4) is 0 Å². The fourth-order valence-corrected chi connectivity index (χ4v) is 4.56. The van der Waals surface area contributed by atoms with Crippen molar-refractivity contribution in [1.82, 2.24) is 15.2 Å². The second-order valence-corrected chi connectivity index (χ2v) is 8.02. The Hall–Kier alpha value is -2.78. The van der Waals surface area contributed by atoms with Crippen molar-refractivity contribution in [2.24, 2.45) is 0 Å². The smallest absolute Gasteiger partial charge is 0.341 e. The number of amides is 2. The molecule has 1 fully saturated rings. The number of esters is 1. The first kappa shape index (κ1) is 20.0. The van der Waals surface area contributed by atoms with Crippen LogP contribution in [0.15, 0.2) is 11.6 Å². The van der Waals surface area contributed by atoms with Crippen LogP contribution in [0.5, 0.6) is 0 Å². The predicted octanol–water partition coefficient (Wildman–Crippen LogP) is 2.47. The van der Waals surface area contributed by atoms with E-state index in [1.54, 1.807) is 0 Å². The molecule has 146 valence electrons. The van der Waals surface area contributed by atoms with Crippen molar-refractivity contribution in [3.63, 3.8) is 0 Å². The Kier molecular flexibility index (Phi) is 5.22. The Labute approximate surface area is 171 Å². The van der Waals surface area contributed by atoms with E-state index in [1.807, 2.05) is 38.3 Å². The summed E-state index contributed by atoms with van der Waals surface area (Å²) in [6.45, 7) is 7.61. The number of aromatic nitrogens is 1. The van der Waals surface area contributed by atoms with Gasteiger partial charge >= 0.3 is 5.97 Å². The van der Waals surface area contributed by atoms with Gasteiger partial charge in [-0.15, -0.1) is 11.3 Å². The molecule has 0 saturated carbocycles. The van der Waals surface area contributed by atoms with Gasteiger partial charge in [0.15, 0.2) is 5.11 Å². The van der Waals surface area contributed by atoms with Gasteiger partial charge in [-0.25, -0.2) is 4.79 Å². The van der Waals surface area contributed by atoms with Crippen LogP contribution in [-0.2, 0) is 14.3 Å². The molecule has 3 heterocycles. The first-order chi connectivity index (χ1) is 13.1. The maximum atomic E-state index is 12.3. The molecule has 28 heavy (non-hydrogen) atoms. The number of carbonyl (C=O) groups excluding carboxylic acids is 3. The molecule has 0 atom stereocenters. The Morgan fingerprint density at radius 1 is 1.18 bits per heavy atom. The van der Waals surface area contributed by atoms with Gasteiger partial charge in [0.1, 0.15) is 10.6 Å². The second kappa shape index (κ2) is 7.33. The Balaban J connectivity index is 2.15. The third kappa shape index (κ3) is 3.27. The monoisotopic (exact) mass is 417 g/mol. The molecule has 0 aliphatic carbocycles. The lowest BCUT2D eigenvalue weighted by molar-refractivity contribution is -0.123. The molecule has 0 bridgehead atoms. The average molecular weight is 418 g/mol. The Bertz CT molecular complexity index is 1050. The predicted molar refractivity (Wildman–Crippen MR) is 111 cm³/mol. The van der Waals surface area contributed by atoms with Gasteiger partial charge in [0.2, 0.25) is 0 Å². The first-order valence-electron chi connectivity index (χ1n) is 8.41. The van der Waals surface area contributed by atoms with Crippen molar-refractivity contribution in [2.75, 3.05) is 7.11 Å². The summed E-state index contributed by atoms with van der Waals surface area (Å²) in [6.07, 6.45) is 1.52. The van der Waals surface area contributed by atoms with E-state index in [0.29, 0.717) is 11.1 Å². The number of rotatable bonds is 3. The third-order valence-corrected chi connectivity index (χ3v) is 6.07. The largest absolute Gasteiger partial charge is 0.465 e. The van der Waals surface area contributed by atoms with E-state index in [2.05, 4.69) is 10.6 Å². The van der Waals surface area contributed by atoms with E-state index in [4.69, 9.17) is 17.0 Å². The number of ether oxygens (including phenoxy) is 1. The van der Waals surface area contributed by atoms with Crippen molar-refractivity contribution >= 4 is 52.5 Å². The Morgan fingerprint density at radius 3 is 2.36 bits per heavy atom. The van der Waals surface area contributed by atoms with Crippen LogP contribution >= 0.6 is 23.6 Å². The number of methoxy groups -OCH3 is 1. The molecule has 1 aliphatic rings. The van der Waals surface area contributed by atoms with E-state index in [0.717, 1.165) is 26.8 Å². The summed E-state index contributed by atoms with van der Waals surface area (Å²) in [5, 5.41) is 5.58. The summed E-state index contributed by atoms with van der Waals surface area (Å²) in [5.74, 6) is -1.49. The minimum Gasteiger partial charge on any atom is -0.465 e. The van der Waals surface area contributed by atoms with Crippen LogP contribution in [-0.4, -0.2) is 34.6 Å². The number of nitrogens with zero attached hydrogens (tertiary/aromatic N) is 1. The molecule has 0 spiro atoms. The van der Waals surface area contributed by atoms with E-state index in [-0.39, 0.29) is 10.7 Å². The number of nitrogens with one attached hydrogen (secondary N) is 2. The molecule has 1 saturated heterocycles. The average Bonchev–Trinajstić information content (AvgIpc) is 3.06. The van der Waals surface area contributed by atoms with Crippen molar-refractivity contribution in [1.29, 1.82) is 0 Å². The van der Waals surface area contributed by atoms with Crippen LogP contribution < -0.4 is 10.6 Å². The zero-order chi connectivity index (χ0) is 20.7. The molecular formula is C19H19N3O4S2. The molecular weight excluding hydrogens is 398 g/mol. The highest BCUT2D eigenvalue weighted by Crippen LogP contribution is 2.35. The summed E-state index contributed by atoms with van der Waals surface area (Å²) in [4.78, 5) is 37.6. The molecule has 2 amide bonds. The summed E-state index contributed by atoms with van der Waals surface area (Å²) < 4.78 is 6.90. The van der Waals surface area contributed by atoms with Crippen LogP contribution in [0.25, 0.3) is 11.1 Å². The lowest BCUT2D eigenvalue weighted by Gasteiger charge is -2.16. The normalized spacial score (nSPS) is 14.0. The standard InChI is InChI=1S/C19H19N3O4S2/c1-8-6-12(7-13-15(23)20-19(27)21-16(13)24)10(3)22(8)17-14(18(25)26-5)9(2)11(4)28-17/h6-7H,1-5H3,(H2,20,21,23,24,27). The zero-order valence-corrected chi connectivity index (χ0v) is 17.7. The highest BCUT2D eigenvalue weighted by atomic mass is 32.1. The van der Waals surface area contributed by atoms with Gasteiger partial charge in [-0.1, -0.05) is 0 Å². The first-order valence-corrected chi connectivity index (χ1v) is 9.64. The van der Waals surface area contributed by atoms with E-state index >= 15 is 0 Å². The molecule has 2 N–H and O–H groups in total. The molecule has 0 unspecified atom stereocenters. The molecule has 9 heteroatoms. The summed E-state index contributed by atoms with van der Waals surface area (Å²) in [6, 6.07) is 1.86. The lowest BCUT2D eigenvalue weighted by Crippen LogP contribution is -2.51. The van der Waals surface area contributed by atoms with Crippen LogP contribution in [0.2, 0.25) is 0 Å². The maximum absolute atomic E-state index is 12.3. The van der Waals surface area contributed by atoms with E-state index in [9.17, 15) is 14.4 Å². The highest BCUT2D eigenvalue weighted by molar-refractivity contribution is 7.80. The quantitative estimate of drug-likeness (QED) is 0.347. The number of hydrogen-bond donors (Lipinski definition) is 2. The third-order valence-electron chi connectivity index (χ3n) is 4.67. The van der Waals surface area contributed by atoms with Crippen LogP contribution in [0, 0.1) is 27.7 Å². The molecule has 2 aromatic rings. The fourth-order valence-electron chi connectivity index (χ4n) is 3.12. The van der Waals surface area contributed by atoms with Crippen molar-refractivity contribution in [2.45, 2.75) is 27.7 Å².